The van der Waals surface area contributed by atoms with Crippen molar-refractivity contribution in [2.24, 2.45) is 0 Å². The molecule has 19 heavy (non-hydrogen) atoms. The quantitative estimate of drug-likeness (QED) is 0.492. The lowest BCUT2D eigenvalue weighted by Gasteiger charge is -2.35. The van der Waals surface area contributed by atoms with Crippen molar-refractivity contribution in [2.45, 2.75) is 25.3 Å². The minimum atomic E-state index is -3.22. The van der Waals surface area contributed by atoms with Crippen molar-refractivity contribution in [1.29, 1.82) is 0 Å². The standard InChI is InChI=1S/C12H21N3O3S/c1-3-7-13-10-12(16)15-8-5-4-6-11(15)9-14-19(2,17)18/h1,11,13-14H,4-10H2,2H3. The third-order valence-corrected chi connectivity index (χ3v) is 3.72. The van der Waals surface area contributed by atoms with Crippen molar-refractivity contribution in [3.05, 3.63) is 0 Å². The number of carbonyl (C=O) groups excluding carboxylic acids is 1. The number of terminal acetylenes is 1. The minimum Gasteiger partial charge on any atom is -0.337 e. The largest absolute Gasteiger partial charge is 0.337 e. The van der Waals surface area contributed by atoms with E-state index in [1.165, 1.54) is 0 Å². The number of carbonyl (C=O) groups is 1. The lowest BCUT2D eigenvalue weighted by atomic mass is 10.0. The van der Waals surface area contributed by atoms with E-state index in [2.05, 4.69) is 16.0 Å². The average Bonchev–Trinajstić information content (AvgIpc) is 2.36. The molecule has 0 saturated carbocycles. The molecule has 0 aromatic carbocycles. The predicted octanol–water partition coefficient (Wildman–Crippen LogP) is -0.860. The molecule has 0 spiro atoms. The van der Waals surface area contributed by atoms with Gasteiger partial charge in [-0.2, -0.15) is 0 Å². The van der Waals surface area contributed by atoms with Crippen molar-refractivity contribution in [1.82, 2.24) is 14.9 Å². The molecule has 108 valence electrons. The lowest BCUT2D eigenvalue weighted by Crippen LogP contribution is -2.51. The molecule has 7 heteroatoms. The maximum absolute atomic E-state index is 12.0. The van der Waals surface area contributed by atoms with Crippen LogP contribution < -0.4 is 10.0 Å². The molecule has 1 amide bonds. The van der Waals surface area contributed by atoms with Crippen LogP contribution in [0.4, 0.5) is 0 Å². The number of nitrogens with zero attached hydrogens (tertiary/aromatic N) is 1. The Kier molecular flexibility index (Phi) is 6.28. The van der Waals surface area contributed by atoms with Gasteiger partial charge in [-0.15, -0.1) is 6.42 Å². The molecule has 1 unspecified atom stereocenters. The topological polar surface area (TPSA) is 78.5 Å². The highest BCUT2D eigenvalue weighted by atomic mass is 32.2. The first-order valence-electron chi connectivity index (χ1n) is 6.32. The zero-order chi connectivity index (χ0) is 14.3. The maximum Gasteiger partial charge on any atom is 0.236 e. The van der Waals surface area contributed by atoms with Gasteiger partial charge in [-0.1, -0.05) is 5.92 Å². The molecule has 0 aliphatic carbocycles. The number of amides is 1. The molecular formula is C12H21N3O3S. The van der Waals surface area contributed by atoms with E-state index in [1.807, 2.05) is 0 Å². The molecule has 2 N–H and O–H groups in total. The Morgan fingerprint density at radius 3 is 2.84 bits per heavy atom. The fourth-order valence-corrected chi connectivity index (χ4v) is 2.63. The fourth-order valence-electron chi connectivity index (χ4n) is 2.13. The van der Waals surface area contributed by atoms with Crippen LogP contribution in [0.15, 0.2) is 0 Å². The first-order chi connectivity index (χ1) is 8.94. The second kappa shape index (κ2) is 7.48. The molecule has 0 radical (unpaired) electrons. The van der Waals surface area contributed by atoms with Crippen LogP contribution in [0.2, 0.25) is 0 Å². The van der Waals surface area contributed by atoms with E-state index in [4.69, 9.17) is 6.42 Å². The summed E-state index contributed by atoms with van der Waals surface area (Å²) in [5, 5.41) is 2.86. The van der Waals surface area contributed by atoms with Gasteiger partial charge < -0.3 is 4.90 Å². The van der Waals surface area contributed by atoms with E-state index >= 15 is 0 Å². The molecule has 0 aromatic rings. The molecule has 1 fully saturated rings. The lowest BCUT2D eigenvalue weighted by molar-refractivity contribution is -0.133. The van der Waals surface area contributed by atoms with Crippen LogP contribution in [-0.4, -0.2) is 57.7 Å². The van der Waals surface area contributed by atoms with E-state index in [1.54, 1.807) is 4.90 Å². The highest BCUT2D eigenvalue weighted by Crippen LogP contribution is 2.16. The average molecular weight is 287 g/mol. The Bertz CT molecular complexity index is 442. The van der Waals surface area contributed by atoms with Gasteiger partial charge in [0, 0.05) is 19.1 Å². The molecule has 1 atom stereocenters. The number of hydrogen-bond acceptors (Lipinski definition) is 4. The molecule has 0 bridgehead atoms. The third-order valence-electron chi connectivity index (χ3n) is 3.03. The molecule has 0 aromatic heterocycles. The van der Waals surface area contributed by atoms with Gasteiger partial charge >= 0.3 is 0 Å². The van der Waals surface area contributed by atoms with Gasteiger partial charge in [-0.05, 0) is 19.3 Å². The second-order valence-electron chi connectivity index (χ2n) is 4.67. The summed E-state index contributed by atoms with van der Waals surface area (Å²) in [6.07, 6.45) is 9.01. The molecule has 1 saturated heterocycles. The van der Waals surface area contributed by atoms with Gasteiger partial charge in [0.2, 0.25) is 15.9 Å². The van der Waals surface area contributed by atoms with Crippen LogP contribution in [0.5, 0.6) is 0 Å². The summed E-state index contributed by atoms with van der Waals surface area (Å²) in [7, 11) is -3.22. The molecule has 1 aliphatic rings. The van der Waals surface area contributed by atoms with Crippen LogP contribution in [0.3, 0.4) is 0 Å². The van der Waals surface area contributed by atoms with Crippen LogP contribution in [-0.2, 0) is 14.8 Å². The van der Waals surface area contributed by atoms with Gasteiger partial charge in [0.1, 0.15) is 0 Å². The smallest absolute Gasteiger partial charge is 0.236 e. The van der Waals surface area contributed by atoms with Crippen molar-refractivity contribution in [3.8, 4) is 12.3 Å². The summed E-state index contributed by atoms with van der Waals surface area (Å²) < 4.78 is 24.7. The van der Waals surface area contributed by atoms with Crippen LogP contribution in [0.25, 0.3) is 0 Å². The first-order valence-corrected chi connectivity index (χ1v) is 8.21. The van der Waals surface area contributed by atoms with Gasteiger partial charge in [0.25, 0.3) is 0 Å². The summed E-state index contributed by atoms with van der Waals surface area (Å²) in [6.45, 7) is 1.50. The summed E-state index contributed by atoms with van der Waals surface area (Å²) in [4.78, 5) is 13.8. The summed E-state index contributed by atoms with van der Waals surface area (Å²) >= 11 is 0. The van der Waals surface area contributed by atoms with Gasteiger partial charge in [-0.25, -0.2) is 13.1 Å². The Morgan fingerprint density at radius 1 is 1.47 bits per heavy atom. The predicted molar refractivity (Wildman–Crippen MR) is 73.9 cm³/mol. The van der Waals surface area contributed by atoms with E-state index in [-0.39, 0.29) is 25.0 Å². The van der Waals surface area contributed by atoms with Gasteiger partial charge in [-0.3, -0.25) is 10.1 Å². The normalized spacial score (nSPS) is 20.0. The van der Waals surface area contributed by atoms with E-state index in [9.17, 15) is 13.2 Å². The Morgan fingerprint density at radius 2 is 2.21 bits per heavy atom. The molecule has 1 aliphatic heterocycles. The number of rotatable bonds is 6. The summed E-state index contributed by atoms with van der Waals surface area (Å²) in [5.74, 6) is 2.38. The van der Waals surface area contributed by atoms with Crippen LogP contribution in [0.1, 0.15) is 19.3 Å². The zero-order valence-corrected chi connectivity index (χ0v) is 12.0. The van der Waals surface area contributed by atoms with Crippen molar-refractivity contribution >= 4 is 15.9 Å². The molecule has 6 nitrogen and oxygen atoms in total. The van der Waals surface area contributed by atoms with E-state index < -0.39 is 10.0 Å². The monoisotopic (exact) mass is 287 g/mol. The zero-order valence-electron chi connectivity index (χ0n) is 11.2. The van der Waals surface area contributed by atoms with Crippen molar-refractivity contribution in [2.75, 3.05) is 32.4 Å². The minimum absolute atomic E-state index is 0.0322. The Labute approximate surface area is 115 Å². The highest BCUT2D eigenvalue weighted by molar-refractivity contribution is 7.88. The maximum atomic E-state index is 12.0. The molecular weight excluding hydrogens is 266 g/mol. The Hall–Kier alpha value is -1.10. The van der Waals surface area contributed by atoms with E-state index in [0.717, 1.165) is 25.5 Å². The first kappa shape index (κ1) is 16.0. The molecule has 1 heterocycles. The summed E-state index contributed by atoms with van der Waals surface area (Å²) in [5.41, 5.74) is 0. The number of sulfonamides is 1. The number of piperidine rings is 1. The number of likely N-dealkylation sites (tertiary alicyclic amines) is 1. The summed E-state index contributed by atoms with van der Waals surface area (Å²) in [6, 6.07) is -0.0661. The van der Waals surface area contributed by atoms with Crippen molar-refractivity contribution < 1.29 is 13.2 Å². The number of nitrogens with one attached hydrogen (secondary N) is 2. The van der Waals surface area contributed by atoms with Gasteiger partial charge in [0.15, 0.2) is 0 Å². The number of hydrogen-bond donors (Lipinski definition) is 2. The van der Waals surface area contributed by atoms with Crippen LogP contribution in [0, 0.1) is 12.3 Å². The fraction of sp³-hybridized carbons (Fsp3) is 0.750. The highest BCUT2D eigenvalue weighted by Gasteiger charge is 2.26. The van der Waals surface area contributed by atoms with Gasteiger partial charge in [0.05, 0.1) is 19.3 Å². The second-order valence-corrected chi connectivity index (χ2v) is 6.50. The molecule has 1 rings (SSSR count). The van der Waals surface area contributed by atoms with Crippen molar-refractivity contribution in [3.63, 3.8) is 0 Å². The SMILES string of the molecule is C#CCNCC(=O)N1CCCCC1CNS(C)(=O)=O. The van der Waals surface area contributed by atoms with Crippen LogP contribution >= 0.6 is 0 Å². The third kappa shape index (κ3) is 6.05. The Balaban J connectivity index is 2.52. The van der Waals surface area contributed by atoms with E-state index in [0.29, 0.717) is 13.1 Å².